The van der Waals surface area contributed by atoms with Crippen LogP contribution in [0.3, 0.4) is 0 Å². The summed E-state index contributed by atoms with van der Waals surface area (Å²) in [4.78, 5) is 76.2. The second-order valence-electron chi connectivity index (χ2n) is 19.9. The number of nitrogens with zero attached hydrogens (tertiary/aromatic N) is 5. The molecule has 7 rings (SSSR count). The van der Waals surface area contributed by atoms with Crippen LogP contribution in [0.15, 0.2) is 73.4 Å². The summed E-state index contributed by atoms with van der Waals surface area (Å²) >= 11 is 0. The van der Waals surface area contributed by atoms with E-state index in [1.165, 1.54) is 13.0 Å². The first-order chi connectivity index (χ1) is 32.5. The van der Waals surface area contributed by atoms with E-state index in [2.05, 4.69) is 79.1 Å². The second-order valence-corrected chi connectivity index (χ2v) is 19.9. The third-order valence-corrected chi connectivity index (χ3v) is 13.7. The molecular formula is C54H71N7O7. The van der Waals surface area contributed by atoms with Gasteiger partial charge in [-0.3, -0.25) is 34.0 Å². The molecule has 68 heavy (non-hydrogen) atoms. The van der Waals surface area contributed by atoms with Crippen molar-refractivity contribution in [2.45, 2.75) is 124 Å². The zero-order valence-corrected chi connectivity index (χ0v) is 41.3. The number of carbonyl (C=O) groups excluding carboxylic acids is 5. The SMILES string of the molecule is C=CC(=O)N1CC[C@H](C(=O)N(C2CC2)[C@H](C(=O)N[C@@H](Cc2cccc(-c3ccc4c(c3)c(CC(C)(C)COC(C)=O)c(-c3cccnc3[C@H](C)OC)n4CC)c2)C(=O)N2CCCCN2)C(C)C)C1. The van der Waals surface area contributed by atoms with Crippen molar-refractivity contribution in [2.24, 2.45) is 17.3 Å². The standard InChI is InChI=1S/C54H71N7O7/c1-10-47(63)58-27-23-40(32-58)52(65)61(41-20-21-41)49(34(3)4)51(64)57-45(53(66)60-26-13-12-25-56-60)29-37-16-14-17-38(28-37)39-19-22-46-43(30-39)44(31-54(7,8)33-68-36(6)62)50(59(46)11-2)42-18-15-24-55-48(42)35(5)67-9/h10,14-19,22,24,28,30,34-35,40-41,45,49,56H,1,11-13,20-21,23,25-27,29,31-33H2,2-9H3,(H,57,64)/t35-,40-,45-,49-/m0/s1. The number of benzene rings is 2. The Morgan fingerprint density at radius 3 is 2.43 bits per heavy atom. The monoisotopic (exact) mass is 930 g/mol. The van der Waals surface area contributed by atoms with Gasteiger partial charge in [-0.2, -0.15) is 0 Å². The van der Waals surface area contributed by atoms with Gasteiger partial charge in [0.05, 0.1) is 30.0 Å². The summed E-state index contributed by atoms with van der Waals surface area (Å²) in [5, 5.41) is 5.88. The first-order valence-electron chi connectivity index (χ1n) is 24.5. The molecule has 364 valence electrons. The Hall–Kier alpha value is -5.86. The smallest absolute Gasteiger partial charge is 0.302 e. The van der Waals surface area contributed by atoms with Crippen LogP contribution < -0.4 is 10.7 Å². The molecule has 2 N–H and O–H groups in total. The average molecular weight is 930 g/mol. The van der Waals surface area contributed by atoms with E-state index in [9.17, 15) is 24.0 Å². The fraction of sp³-hybridized carbons (Fsp3) is 0.519. The molecule has 2 aromatic heterocycles. The number of fused-ring (bicyclic) bond motifs is 1. The van der Waals surface area contributed by atoms with Gasteiger partial charge in [-0.25, -0.2) is 5.43 Å². The molecule has 4 amide bonds. The van der Waals surface area contributed by atoms with Crippen molar-refractivity contribution in [3.8, 4) is 22.4 Å². The van der Waals surface area contributed by atoms with Crippen LogP contribution in [0.5, 0.6) is 0 Å². The number of amides is 4. The lowest BCUT2D eigenvalue weighted by molar-refractivity contribution is -0.147. The van der Waals surface area contributed by atoms with Crippen LogP contribution >= 0.6 is 0 Å². The van der Waals surface area contributed by atoms with Crippen molar-refractivity contribution < 1.29 is 33.4 Å². The van der Waals surface area contributed by atoms with Crippen molar-refractivity contribution in [3.05, 3.63) is 90.3 Å². The average Bonchev–Trinajstić information content (AvgIpc) is 3.97. The van der Waals surface area contributed by atoms with Crippen LogP contribution in [-0.4, -0.2) is 112 Å². The van der Waals surface area contributed by atoms with Crippen LogP contribution in [0, 0.1) is 17.3 Å². The van der Waals surface area contributed by atoms with E-state index in [0.29, 0.717) is 45.6 Å². The lowest BCUT2D eigenvalue weighted by Gasteiger charge is -2.37. The number of hydrogen-bond donors (Lipinski definition) is 2. The minimum Gasteiger partial charge on any atom is -0.465 e. The number of aromatic nitrogens is 2. The number of pyridine rings is 1. The van der Waals surface area contributed by atoms with Gasteiger partial charge in [0.25, 0.3) is 5.91 Å². The van der Waals surface area contributed by atoms with E-state index in [1.54, 1.807) is 28.1 Å². The van der Waals surface area contributed by atoms with Crippen molar-refractivity contribution in [1.29, 1.82) is 0 Å². The molecule has 0 radical (unpaired) electrons. The molecule has 14 nitrogen and oxygen atoms in total. The number of nitrogens with one attached hydrogen (secondary N) is 2. The van der Waals surface area contributed by atoms with Gasteiger partial charge >= 0.3 is 5.97 Å². The number of hydrogen-bond acceptors (Lipinski definition) is 9. The Labute approximate surface area is 401 Å². The third-order valence-electron chi connectivity index (χ3n) is 13.7. The maximum atomic E-state index is 14.7. The zero-order valence-electron chi connectivity index (χ0n) is 41.3. The largest absolute Gasteiger partial charge is 0.465 e. The summed E-state index contributed by atoms with van der Waals surface area (Å²) in [6, 6.07) is 16.9. The second kappa shape index (κ2) is 21.6. The molecule has 0 spiro atoms. The number of ether oxygens (including phenoxy) is 2. The number of likely N-dealkylation sites (tertiary alicyclic amines) is 1. The zero-order chi connectivity index (χ0) is 48.9. The van der Waals surface area contributed by atoms with Gasteiger partial charge in [0.2, 0.25) is 17.7 Å². The van der Waals surface area contributed by atoms with Crippen molar-refractivity contribution in [2.75, 3.05) is 39.9 Å². The first kappa shape index (κ1) is 50.0. The number of methoxy groups -OCH3 is 1. The first-order valence-corrected chi connectivity index (χ1v) is 24.5. The van der Waals surface area contributed by atoms with Gasteiger partial charge in [-0.05, 0) is 111 Å². The Morgan fingerprint density at radius 1 is 1.00 bits per heavy atom. The summed E-state index contributed by atoms with van der Waals surface area (Å²) in [5.74, 6) is -1.86. The Balaban J connectivity index is 1.23. The quantitative estimate of drug-likeness (QED) is 0.0722. The molecule has 2 aliphatic heterocycles. The number of aryl methyl sites for hydroxylation is 1. The predicted molar refractivity (Wildman–Crippen MR) is 264 cm³/mol. The molecule has 2 aromatic carbocycles. The molecule has 4 heterocycles. The van der Waals surface area contributed by atoms with Crippen molar-refractivity contribution >= 4 is 40.5 Å². The lowest BCUT2D eigenvalue weighted by Crippen LogP contribution is -2.60. The highest BCUT2D eigenvalue weighted by atomic mass is 16.5. The Morgan fingerprint density at radius 2 is 1.76 bits per heavy atom. The van der Waals surface area contributed by atoms with Gasteiger partial charge < -0.3 is 29.2 Å². The highest BCUT2D eigenvalue weighted by Crippen LogP contribution is 2.42. The number of rotatable bonds is 19. The summed E-state index contributed by atoms with van der Waals surface area (Å²) in [5.41, 5.74) is 10.7. The van der Waals surface area contributed by atoms with Crippen LogP contribution in [0.1, 0.15) is 103 Å². The van der Waals surface area contributed by atoms with Crippen LogP contribution in [-0.2, 0) is 52.8 Å². The number of hydrazine groups is 1. The van der Waals surface area contributed by atoms with Gasteiger partial charge in [-0.1, -0.05) is 64.6 Å². The van der Waals surface area contributed by atoms with Crippen LogP contribution in [0.2, 0.25) is 0 Å². The molecule has 4 atom stereocenters. The maximum Gasteiger partial charge on any atom is 0.302 e. The minimum absolute atomic E-state index is 0.0668. The molecule has 14 heteroatoms. The van der Waals surface area contributed by atoms with Crippen molar-refractivity contribution in [1.82, 2.24) is 35.1 Å². The number of esters is 1. The molecule has 0 bridgehead atoms. The van der Waals surface area contributed by atoms with Crippen LogP contribution in [0.4, 0.5) is 0 Å². The fourth-order valence-corrected chi connectivity index (χ4v) is 10.1. The number of carbonyl (C=O) groups is 5. The van der Waals surface area contributed by atoms with Gasteiger partial charge in [0, 0.05) is 87.3 Å². The molecule has 2 saturated heterocycles. The van der Waals surface area contributed by atoms with Gasteiger partial charge in [0.1, 0.15) is 12.1 Å². The van der Waals surface area contributed by atoms with Crippen molar-refractivity contribution in [3.63, 3.8) is 0 Å². The predicted octanol–water partition coefficient (Wildman–Crippen LogP) is 7.43. The topological polar surface area (TPSA) is 155 Å². The highest BCUT2D eigenvalue weighted by Gasteiger charge is 2.46. The van der Waals surface area contributed by atoms with Gasteiger partial charge in [-0.15, -0.1) is 0 Å². The maximum absolute atomic E-state index is 14.7. The molecule has 1 aliphatic carbocycles. The summed E-state index contributed by atoms with van der Waals surface area (Å²) in [6.45, 7) is 20.2. The fourth-order valence-electron chi connectivity index (χ4n) is 10.1. The van der Waals surface area contributed by atoms with Crippen LogP contribution in [0.25, 0.3) is 33.3 Å². The molecule has 3 aliphatic rings. The molecule has 0 unspecified atom stereocenters. The Kier molecular flexibility index (Phi) is 15.9. The molecule has 4 aromatic rings. The van der Waals surface area contributed by atoms with E-state index in [4.69, 9.17) is 14.5 Å². The lowest BCUT2D eigenvalue weighted by atomic mass is 9.84. The highest BCUT2D eigenvalue weighted by molar-refractivity contribution is 5.96. The molecular weight excluding hydrogens is 859 g/mol. The Bertz CT molecular complexity index is 2500. The minimum atomic E-state index is -0.911. The van der Waals surface area contributed by atoms with E-state index in [1.807, 2.05) is 39.0 Å². The van der Waals surface area contributed by atoms with E-state index in [0.717, 1.165) is 75.8 Å². The van der Waals surface area contributed by atoms with E-state index < -0.39 is 23.4 Å². The third kappa shape index (κ3) is 11.2. The molecule has 1 saturated carbocycles. The normalized spacial score (nSPS) is 17.8. The molecule has 3 fully saturated rings. The van der Waals surface area contributed by atoms with Gasteiger partial charge in [0.15, 0.2) is 0 Å². The van der Waals surface area contributed by atoms with E-state index >= 15 is 0 Å². The summed E-state index contributed by atoms with van der Waals surface area (Å²) in [7, 11) is 1.69. The van der Waals surface area contributed by atoms with E-state index in [-0.39, 0.29) is 60.7 Å². The summed E-state index contributed by atoms with van der Waals surface area (Å²) in [6.07, 6.45) is 7.59. The summed E-state index contributed by atoms with van der Waals surface area (Å²) < 4.78 is 13.7.